The number of anilines is 1. The number of hydrogen-bond acceptors (Lipinski definition) is 5. The fourth-order valence-electron chi connectivity index (χ4n) is 2.87. The minimum absolute atomic E-state index is 0.0778. The number of likely N-dealkylation sites (tertiary alicyclic amines) is 1. The van der Waals surface area contributed by atoms with Gasteiger partial charge in [0.15, 0.2) is 0 Å². The monoisotopic (exact) mass is 321 g/mol. The van der Waals surface area contributed by atoms with E-state index in [1.165, 1.54) is 38.2 Å². The Morgan fingerprint density at radius 3 is 2.96 bits per heavy atom. The van der Waals surface area contributed by atoms with Crippen molar-refractivity contribution in [1.29, 1.82) is 0 Å². The maximum Gasteiger partial charge on any atom is 0.271 e. The Bertz CT molecular complexity index is 576. The first-order valence-electron chi connectivity index (χ1n) is 7.84. The molecule has 1 aliphatic heterocycles. The van der Waals surface area contributed by atoms with Crippen molar-refractivity contribution >= 4 is 17.3 Å². The van der Waals surface area contributed by atoms with Gasteiger partial charge in [-0.1, -0.05) is 6.92 Å². The minimum atomic E-state index is -0.496. The first-order valence-corrected chi connectivity index (χ1v) is 7.84. The van der Waals surface area contributed by atoms with Crippen molar-refractivity contribution in [3.63, 3.8) is 0 Å². The summed E-state index contributed by atoms with van der Waals surface area (Å²) in [5, 5.41) is 13.6. The summed E-state index contributed by atoms with van der Waals surface area (Å²) in [5.74, 6) is 0.918. The average molecular weight is 321 g/mol. The number of piperidine rings is 1. The Hall–Kier alpha value is -2.15. The largest absolute Gasteiger partial charge is 0.495 e. The molecule has 7 heteroatoms. The summed E-state index contributed by atoms with van der Waals surface area (Å²) in [4.78, 5) is 24.8. The number of nitro benzene ring substituents is 1. The predicted octanol–water partition coefficient (Wildman–Crippen LogP) is 2.66. The number of amides is 1. The number of carbonyl (C=O) groups excluding carboxylic acids is 1. The zero-order valence-electron chi connectivity index (χ0n) is 13.6. The lowest BCUT2D eigenvalue weighted by Gasteiger charge is -2.30. The molecule has 1 atom stereocenters. The standard InChI is InChI=1S/C16H23N3O4/c1-12-4-3-8-18(11-12)9-7-16(20)17-14-10-13(19(21)22)5-6-15(14)23-2/h5-6,10,12H,3-4,7-9,11H2,1-2H3,(H,17,20)/t12-/m0/s1. The average Bonchev–Trinajstić information content (AvgIpc) is 2.53. The van der Waals surface area contributed by atoms with Crippen molar-refractivity contribution in [3.8, 4) is 5.75 Å². The molecule has 1 aromatic carbocycles. The quantitative estimate of drug-likeness (QED) is 0.643. The molecule has 2 rings (SSSR count). The van der Waals surface area contributed by atoms with E-state index in [4.69, 9.17) is 4.74 Å². The van der Waals surface area contributed by atoms with E-state index < -0.39 is 4.92 Å². The van der Waals surface area contributed by atoms with Gasteiger partial charge in [0.25, 0.3) is 5.69 Å². The number of rotatable bonds is 6. The first kappa shape index (κ1) is 17.2. The summed E-state index contributed by atoms with van der Waals surface area (Å²) >= 11 is 0. The van der Waals surface area contributed by atoms with Crippen LogP contribution >= 0.6 is 0 Å². The van der Waals surface area contributed by atoms with Crippen LogP contribution in [-0.4, -0.2) is 42.5 Å². The Morgan fingerprint density at radius 1 is 1.52 bits per heavy atom. The van der Waals surface area contributed by atoms with Gasteiger partial charge in [-0.15, -0.1) is 0 Å². The van der Waals surface area contributed by atoms with Crippen molar-refractivity contribution in [2.45, 2.75) is 26.2 Å². The number of hydrogen-bond donors (Lipinski definition) is 1. The summed E-state index contributed by atoms with van der Waals surface area (Å²) < 4.78 is 5.14. The molecule has 0 bridgehead atoms. The van der Waals surface area contributed by atoms with Crippen LogP contribution in [0.1, 0.15) is 26.2 Å². The molecular formula is C16H23N3O4. The van der Waals surface area contributed by atoms with Gasteiger partial charge in [0.2, 0.25) is 5.91 Å². The molecule has 1 aromatic rings. The van der Waals surface area contributed by atoms with Crippen LogP contribution in [0.3, 0.4) is 0 Å². The van der Waals surface area contributed by atoms with E-state index in [0.717, 1.165) is 13.1 Å². The van der Waals surface area contributed by atoms with Crippen molar-refractivity contribution in [1.82, 2.24) is 4.90 Å². The SMILES string of the molecule is COc1ccc([N+](=O)[O-])cc1NC(=O)CCN1CCC[C@H](C)C1. The number of nitrogens with one attached hydrogen (secondary N) is 1. The maximum atomic E-state index is 12.1. The molecule has 7 nitrogen and oxygen atoms in total. The Balaban J connectivity index is 1.93. The number of nitro groups is 1. The van der Waals surface area contributed by atoms with Gasteiger partial charge in [0.1, 0.15) is 5.75 Å². The molecule has 23 heavy (non-hydrogen) atoms. The van der Waals surface area contributed by atoms with Gasteiger partial charge in [-0.25, -0.2) is 0 Å². The predicted molar refractivity (Wildman–Crippen MR) is 87.7 cm³/mol. The Labute approximate surface area is 135 Å². The minimum Gasteiger partial charge on any atom is -0.495 e. The van der Waals surface area contributed by atoms with Crippen LogP contribution in [0.2, 0.25) is 0 Å². The molecule has 1 amide bonds. The lowest BCUT2D eigenvalue weighted by molar-refractivity contribution is -0.384. The molecule has 1 saturated heterocycles. The molecule has 0 unspecified atom stereocenters. The highest BCUT2D eigenvalue weighted by atomic mass is 16.6. The molecule has 1 heterocycles. The zero-order valence-corrected chi connectivity index (χ0v) is 13.6. The molecule has 0 spiro atoms. The smallest absolute Gasteiger partial charge is 0.271 e. The lowest BCUT2D eigenvalue weighted by Crippen LogP contribution is -2.36. The fraction of sp³-hybridized carbons (Fsp3) is 0.562. The highest BCUT2D eigenvalue weighted by molar-refractivity contribution is 5.92. The van der Waals surface area contributed by atoms with Gasteiger partial charge in [0, 0.05) is 31.6 Å². The van der Waals surface area contributed by atoms with Crippen molar-refractivity contribution in [2.75, 3.05) is 32.1 Å². The van der Waals surface area contributed by atoms with E-state index in [0.29, 0.717) is 30.3 Å². The van der Waals surface area contributed by atoms with Crippen LogP contribution < -0.4 is 10.1 Å². The third-order valence-electron chi connectivity index (χ3n) is 4.06. The van der Waals surface area contributed by atoms with Gasteiger partial charge < -0.3 is 15.0 Å². The summed E-state index contributed by atoms with van der Waals surface area (Å²) in [6.07, 6.45) is 2.77. The van der Waals surface area contributed by atoms with Gasteiger partial charge in [-0.2, -0.15) is 0 Å². The number of carbonyl (C=O) groups is 1. The second kappa shape index (κ2) is 7.92. The van der Waals surface area contributed by atoms with Crippen LogP contribution in [0.15, 0.2) is 18.2 Å². The van der Waals surface area contributed by atoms with Crippen LogP contribution in [0.25, 0.3) is 0 Å². The summed E-state index contributed by atoms with van der Waals surface area (Å²) in [6.45, 7) is 4.97. The number of non-ortho nitro benzene ring substituents is 1. The molecular weight excluding hydrogens is 298 g/mol. The van der Waals surface area contributed by atoms with Crippen molar-refractivity contribution in [2.24, 2.45) is 5.92 Å². The van der Waals surface area contributed by atoms with Gasteiger partial charge in [-0.3, -0.25) is 14.9 Å². The highest BCUT2D eigenvalue weighted by Gasteiger charge is 2.18. The molecule has 1 N–H and O–H groups in total. The second-order valence-corrected chi connectivity index (χ2v) is 5.99. The van der Waals surface area contributed by atoms with E-state index in [1.807, 2.05) is 0 Å². The third-order valence-corrected chi connectivity index (χ3v) is 4.06. The van der Waals surface area contributed by atoms with E-state index in [1.54, 1.807) is 0 Å². The zero-order chi connectivity index (χ0) is 16.8. The van der Waals surface area contributed by atoms with Gasteiger partial charge in [-0.05, 0) is 31.4 Å². The molecule has 1 aliphatic rings. The van der Waals surface area contributed by atoms with E-state index in [-0.39, 0.29) is 11.6 Å². The molecule has 0 aliphatic carbocycles. The van der Waals surface area contributed by atoms with Crippen LogP contribution in [0.5, 0.6) is 5.75 Å². The van der Waals surface area contributed by atoms with Crippen LogP contribution in [0, 0.1) is 16.0 Å². The van der Waals surface area contributed by atoms with Crippen LogP contribution in [0.4, 0.5) is 11.4 Å². The number of nitrogens with zero attached hydrogens (tertiary/aromatic N) is 2. The highest BCUT2D eigenvalue weighted by Crippen LogP contribution is 2.29. The number of methoxy groups -OCH3 is 1. The first-order chi connectivity index (χ1) is 11.0. The summed E-state index contributed by atoms with van der Waals surface area (Å²) in [5.41, 5.74) is 0.254. The van der Waals surface area contributed by atoms with Crippen molar-refractivity contribution in [3.05, 3.63) is 28.3 Å². The summed E-state index contributed by atoms with van der Waals surface area (Å²) in [6, 6.07) is 4.16. The van der Waals surface area contributed by atoms with E-state index >= 15 is 0 Å². The number of benzene rings is 1. The Morgan fingerprint density at radius 2 is 2.30 bits per heavy atom. The third kappa shape index (κ3) is 4.92. The molecule has 0 saturated carbocycles. The van der Waals surface area contributed by atoms with Gasteiger partial charge in [0.05, 0.1) is 17.7 Å². The maximum absolute atomic E-state index is 12.1. The van der Waals surface area contributed by atoms with Crippen LogP contribution in [-0.2, 0) is 4.79 Å². The molecule has 126 valence electrons. The molecule has 1 fully saturated rings. The normalized spacial score (nSPS) is 18.4. The Kier molecular flexibility index (Phi) is 5.92. The van der Waals surface area contributed by atoms with Crippen molar-refractivity contribution < 1.29 is 14.5 Å². The number of ether oxygens (including phenoxy) is 1. The topological polar surface area (TPSA) is 84.7 Å². The fourth-order valence-corrected chi connectivity index (χ4v) is 2.87. The molecule has 0 radical (unpaired) electrons. The molecule has 0 aromatic heterocycles. The van der Waals surface area contributed by atoms with E-state index in [9.17, 15) is 14.9 Å². The summed E-state index contributed by atoms with van der Waals surface area (Å²) in [7, 11) is 1.46. The second-order valence-electron chi connectivity index (χ2n) is 5.99. The van der Waals surface area contributed by atoms with E-state index in [2.05, 4.69) is 17.1 Å². The van der Waals surface area contributed by atoms with Gasteiger partial charge >= 0.3 is 0 Å². The lowest BCUT2D eigenvalue weighted by atomic mass is 10.0.